The number of aliphatic carboxylic acids is 1. The fourth-order valence-electron chi connectivity index (χ4n) is 2.15. The molecule has 2 aromatic rings. The van der Waals surface area contributed by atoms with Crippen molar-refractivity contribution in [1.82, 2.24) is 5.32 Å². The van der Waals surface area contributed by atoms with Gasteiger partial charge in [-0.25, -0.2) is 9.59 Å². The number of amides is 1. The topological polar surface area (TPSA) is 104 Å². The SMILES string of the molecule is O=C(O)c1ccccc1C(=O)NC(Cc1ccccc1)C(=O)O. The van der Waals surface area contributed by atoms with Crippen LogP contribution < -0.4 is 5.32 Å². The summed E-state index contributed by atoms with van der Waals surface area (Å²) in [5, 5.41) is 20.7. The molecule has 0 bridgehead atoms. The Balaban J connectivity index is 2.19. The van der Waals surface area contributed by atoms with Gasteiger partial charge in [-0.15, -0.1) is 0 Å². The highest BCUT2D eigenvalue weighted by Crippen LogP contribution is 2.10. The molecule has 0 saturated heterocycles. The smallest absolute Gasteiger partial charge is 0.336 e. The molecule has 118 valence electrons. The molecule has 2 aromatic carbocycles. The van der Waals surface area contributed by atoms with E-state index in [1.54, 1.807) is 30.3 Å². The third kappa shape index (κ3) is 4.16. The van der Waals surface area contributed by atoms with Crippen LogP contribution in [0.4, 0.5) is 0 Å². The summed E-state index contributed by atoms with van der Waals surface area (Å²) in [7, 11) is 0. The number of carbonyl (C=O) groups is 3. The van der Waals surface area contributed by atoms with Crippen LogP contribution in [0.25, 0.3) is 0 Å². The van der Waals surface area contributed by atoms with Crippen LogP contribution in [-0.2, 0) is 11.2 Å². The third-order valence-corrected chi connectivity index (χ3v) is 3.29. The Bertz CT molecular complexity index is 727. The first-order valence-electron chi connectivity index (χ1n) is 6.89. The molecule has 0 saturated carbocycles. The molecule has 3 N–H and O–H groups in total. The summed E-state index contributed by atoms with van der Waals surface area (Å²) < 4.78 is 0. The molecule has 0 spiro atoms. The van der Waals surface area contributed by atoms with Crippen molar-refractivity contribution in [3.8, 4) is 0 Å². The average molecular weight is 313 g/mol. The minimum absolute atomic E-state index is 0.0701. The van der Waals surface area contributed by atoms with Gasteiger partial charge in [0.25, 0.3) is 5.91 Å². The van der Waals surface area contributed by atoms with E-state index >= 15 is 0 Å². The van der Waals surface area contributed by atoms with Gasteiger partial charge < -0.3 is 15.5 Å². The van der Waals surface area contributed by atoms with E-state index in [9.17, 15) is 19.5 Å². The van der Waals surface area contributed by atoms with Crippen molar-refractivity contribution in [2.24, 2.45) is 0 Å². The number of rotatable bonds is 6. The molecular weight excluding hydrogens is 298 g/mol. The number of nitrogens with one attached hydrogen (secondary N) is 1. The van der Waals surface area contributed by atoms with Gasteiger partial charge in [0.1, 0.15) is 6.04 Å². The normalized spacial score (nSPS) is 11.5. The van der Waals surface area contributed by atoms with Gasteiger partial charge in [-0.05, 0) is 17.7 Å². The number of carbonyl (C=O) groups excluding carboxylic acids is 1. The van der Waals surface area contributed by atoms with Gasteiger partial charge in [0.2, 0.25) is 0 Å². The second-order valence-corrected chi connectivity index (χ2v) is 4.90. The molecular formula is C17H15NO5. The first-order chi connectivity index (χ1) is 11.0. The van der Waals surface area contributed by atoms with Crippen LogP contribution in [0.1, 0.15) is 26.3 Å². The molecule has 0 heterocycles. The Morgan fingerprint density at radius 2 is 1.43 bits per heavy atom. The molecule has 6 heteroatoms. The van der Waals surface area contributed by atoms with Gasteiger partial charge >= 0.3 is 11.9 Å². The van der Waals surface area contributed by atoms with Gasteiger partial charge in [-0.1, -0.05) is 42.5 Å². The zero-order chi connectivity index (χ0) is 16.8. The highest BCUT2D eigenvalue weighted by Gasteiger charge is 2.23. The molecule has 23 heavy (non-hydrogen) atoms. The number of benzene rings is 2. The number of carboxylic acids is 2. The Labute approximate surface area is 132 Å². The molecule has 0 aliphatic heterocycles. The fraction of sp³-hybridized carbons (Fsp3) is 0.118. The van der Waals surface area contributed by atoms with Crippen LogP contribution in [0.15, 0.2) is 54.6 Å². The van der Waals surface area contributed by atoms with Gasteiger partial charge in [-0.2, -0.15) is 0 Å². The molecule has 0 aliphatic rings. The van der Waals surface area contributed by atoms with Crippen LogP contribution in [0.3, 0.4) is 0 Å². The fourth-order valence-corrected chi connectivity index (χ4v) is 2.15. The van der Waals surface area contributed by atoms with Crippen LogP contribution >= 0.6 is 0 Å². The summed E-state index contributed by atoms with van der Waals surface area (Å²) in [6.45, 7) is 0. The Morgan fingerprint density at radius 1 is 0.870 bits per heavy atom. The maximum Gasteiger partial charge on any atom is 0.336 e. The second-order valence-electron chi connectivity index (χ2n) is 4.90. The van der Waals surface area contributed by atoms with Gasteiger partial charge in [0, 0.05) is 6.42 Å². The average Bonchev–Trinajstić information content (AvgIpc) is 2.55. The minimum atomic E-state index is -1.24. The lowest BCUT2D eigenvalue weighted by molar-refractivity contribution is -0.139. The highest BCUT2D eigenvalue weighted by molar-refractivity contribution is 6.05. The summed E-state index contributed by atoms with van der Waals surface area (Å²) in [5.74, 6) is -3.16. The van der Waals surface area contributed by atoms with Crippen molar-refractivity contribution in [1.29, 1.82) is 0 Å². The van der Waals surface area contributed by atoms with E-state index in [0.717, 1.165) is 5.56 Å². The minimum Gasteiger partial charge on any atom is -0.480 e. The van der Waals surface area contributed by atoms with E-state index in [4.69, 9.17) is 5.11 Å². The van der Waals surface area contributed by atoms with Crippen molar-refractivity contribution in [2.45, 2.75) is 12.5 Å². The summed E-state index contributed by atoms with van der Waals surface area (Å²) in [4.78, 5) is 34.7. The summed E-state index contributed by atoms with van der Waals surface area (Å²) in [6, 6.07) is 13.4. The van der Waals surface area contributed by atoms with E-state index in [-0.39, 0.29) is 17.5 Å². The lowest BCUT2D eigenvalue weighted by Gasteiger charge is -2.15. The predicted molar refractivity (Wildman–Crippen MR) is 82.4 cm³/mol. The molecule has 0 radical (unpaired) electrons. The molecule has 0 aromatic heterocycles. The van der Waals surface area contributed by atoms with Crippen LogP contribution in [0.2, 0.25) is 0 Å². The quantitative estimate of drug-likeness (QED) is 0.754. The van der Waals surface area contributed by atoms with E-state index < -0.39 is 23.9 Å². The molecule has 2 rings (SSSR count). The molecule has 0 aliphatic carbocycles. The van der Waals surface area contributed by atoms with Crippen molar-refractivity contribution in [2.75, 3.05) is 0 Å². The molecule has 1 unspecified atom stereocenters. The number of hydrogen-bond donors (Lipinski definition) is 3. The Morgan fingerprint density at radius 3 is 2.00 bits per heavy atom. The van der Waals surface area contributed by atoms with E-state index in [2.05, 4.69) is 5.32 Å². The predicted octanol–water partition coefficient (Wildman–Crippen LogP) is 1.81. The van der Waals surface area contributed by atoms with Gasteiger partial charge in [0.05, 0.1) is 11.1 Å². The van der Waals surface area contributed by atoms with Crippen molar-refractivity contribution >= 4 is 17.8 Å². The van der Waals surface area contributed by atoms with Gasteiger partial charge in [-0.3, -0.25) is 4.79 Å². The summed E-state index contributed by atoms with van der Waals surface area (Å²) in [5.41, 5.74) is 0.514. The highest BCUT2D eigenvalue weighted by atomic mass is 16.4. The first-order valence-corrected chi connectivity index (χ1v) is 6.89. The van der Waals surface area contributed by atoms with E-state index in [0.29, 0.717) is 0 Å². The first kappa shape index (κ1) is 16.2. The lowest BCUT2D eigenvalue weighted by atomic mass is 10.0. The van der Waals surface area contributed by atoms with Crippen LogP contribution in [0, 0.1) is 0 Å². The lowest BCUT2D eigenvalue weighted by Crippen LogP contribution is -2.42. The molecule has 1 amide bonds. The van der Waals surface area contributed by atoms with Crippen molar-refractivity contribution in [3.05, 3.63) is 71.3 Å². The molecule has 1 atom stereocenters. The Hall–Kier alpha value is -3.15. The standard InChI is InChI=1S/C17H15NO5/c19-15(12-8-4-5-9-13(12)16(20)21)18-14(17(22)23)10-11-6-2-1-3-7-11/h1-9,14H,10H2,(H,18,19)(H,20,21)(H,22,23). The van der Waals surface area contributed by atoms with Crippen LogP contribution in [-0.4, -0.2) is 34.1 Å². The zero-order valence-electron chi connectivity index (χ0n) is 12.1. The summed E-state index contributed by atoms with van der Waals surface area (Å²) >= 11 is 0. The van der Waals surface area contributed by atoms with E-state index in [1.807, 2.05) is 0 Å². The number of carboxylic acid groups (broad SMARTS) is 2. The zero-order valence-corrected chi connectivity index (χ0v) is 12.1. The number of hydrogen-bond acceptors (Lipinski definition) is 3. The Kier molecular flexibility index (Phi) is 5.09. The third-order valence-electron chi connectivity index (χ3n) is 3.29. The maximum atomic E-state index is 12.2. The van der Waals surface area contributed by atoms with Crippen molar-refractivity contribution < 1.29 is 24.6 Å². The van der Waals surface area contributed by atoms with Gasteiger partial charge in [0.15, 0.2) is 0 Å². The van der Waals surface area contributed by atoms with Crippen LogP contribution in [0.5, 0.6) is 0 Å². The molecule has 6 nitrogen and oxygen atoms in total. The molecule has 0 fully saturated rings. The monoisotopic (exact) mass is 313 g/mol. The van der Waals surface area contributed by atoms with E-state index in [1.165, 1.54) is 24.3 Å². The maximum absolute atomic E-state index is 12.2. The van der Waals surface area contributed by atoms with Crippen molar-refractivity contribution in [3.63, 3.8) is 0 Å². The number of aromatic carboxylic acids is 1. The second kappa shape index (κ2) is 7.22. The summed E-state index contributed by atoms with van der Waals surface area (Å²) in [6.07, 6.45) is 0.108. The largest absolute Gasteiger partial charge is 0.480 e.